The van der Waals surface area contributed by atoms with Crippen molar-refractivity contribution in [1.82, 2.24) is 9.80 Å². The highest BCUT2D eigenvalue weighted by Gasteiger charge is 2.55. The van der Waals surface area contributed by atoms with Crippen molar-refractivity contribution in [3.63, 3.8) is 0 Å². The molecule has 3 rings (SSSR count). The van der Waals surface area contributed by atoms with E-state index < -0.39 is 23.3 Å². The Morgan fingerprint density at radius 2 is 1.27 bits per heavy atom. The molecule has 0 unspecified atom stereocenters. The molecule has 0 saturated carbocycles. The number of benzene rings is 2. The van der Waals surface area contributed by atoms with E-state index in [1.54, 1.807) is 12.2 Å². The van der Waals surface area contributed by atoms with Gasteiger partial charge in [0.1, 0.15) is 5.41 Å². The van der Waals surface area contributed by atoms with Crippen LogP contribution in [0.1, 0.15) is 30.9 Å². The second-order valence-electron chi connectivity index (χ2n) is 7.38. The quantitative estimate of drug-likeness (QED) is 0.475. The molecule has 5 heteroatoms. The van der Waals surface area contributed by atoms with E-state index in [0.717, 1.165) is 11.1 Å². The number of urea groups is 1. The van der Waals surface area contributed by atoms with E-state index in [1.807, 2.05) is 73.7 Å². The summed E-state index contributed by atoms with van der Waals surface area (Å²) in [5.74, 6) is -0.938. The van der Waals surface area contributed by atoms with Gasteiger partial charge in [-0.25, -0.2) is 4.79 Å². The molecule has 2 aromatic rings. The zero-order valence-corrected chi connectivity index (χ0v) is 17.2. The van der Waals surface area contributed by atoms with E-state index in [2.05, 4.69) is 6.58 Å². The Hall–Kier alpha value is -3.47. The van der Waals surface area contributed by atoms with E-state index in [0.29, 0.717) is 0 Å². The number of amides is 4. The number of hydrogen-bond acceptors (Lipinski definition) is 3. The molecule has 1 heterocycles. The summed E-state index contributed by atoms with van der Waals surface area (Å²) in [7, 11) is 0. The Morgan fingerprint density at radius 3 is 1.67 bits per heavy atom. The van der Waals surface area contributed by atoms with E-state index in [-0.39, 0.29) is 25.9 Å². The summed E-state index contributed by atoms with van der Waals surface area (Å²) in [5, 5.41) is 0. The van der Waals surface area contributed by atoms with Crippen LogP contribution < -0.4 is 0 Å². The summed E-state index contributed by atoms with van der Waals surface area (Å²) in [6, 6.07) is 18.0. The number of rotatable bonds is 8. The van der Waals surface area contributed by atoms with Gasteiger partial charge in [0.2, 0.25) is 11.8 Å². The van der Waals surface area contributed by atoms with Gasteiger partial charge in [-0.15, -0.1) is 6.58 Å². The highest BCUT2D eigenvalue weighted by Crippen LogP contribution is 2.38. The number of carbonyl (C=O) groups excluding carboxylic acids is 3. The molecule has 0 N–H and O–H groups in total. The van der Waals surface area contributed by atoms with Crippen LogP contribution in [0.25, 0.3) is 0 Å². The van der Waals surface area contributed by atoms with Crippen LogP contribution in [0.4, 0.5) is 4.79 Å². The fourth-order valence-corrected chi connectivity index (χ4v) is 3.74. The van der Waals surface area contributed by atoms with Crippen LogP contribution in [-0.2, 0) is 22.7 Å². The van der Waals surface area contributed by atoms with Crippen molar-refractivity contribution in [2.24, 2.45) is 5.41 Å². The summed E-state index contributed by atoms with van der Waals surface area (Å²) in [6.07, 6.45) is 5.58. The molecule has 1 aliphatic heterocycles. The summed E-state index contributed by atoms with van der Waals surface area (Å²) < 4.78 is 0. The van der Waals surface area contributed by atoms with Gasteiger partial charge in [0.15, 0.2) is 0 Å². The number of hydrogen-bond donors (Lipinski definition) is 0. The second kappa shape index (κ2) is 9.35. The standard InChI is InChI=1S/C25H26N2O3/c1-3-5-17-25(16-4-2)22(28)26(18-20-12-8-6-9-13-20)24(30)27(23(25)29)19-21-14-10-7-11-15-21/h3-15H,2,16-19H2,1H3. The Morgan fingerprint density at radius 1 is 0.800 bits per heavy atom. The summed E-state index contributed by atoms with van der Waals surface area (Å²) >= 11 is 0. The molecule has 1 saturated heterocycles. The largest absolute Gasteiger partial charge is 0.334 e. The second-order valence-corrected chi connectivity index (χ2v) is 7.38. The molecule has 0 atom stereocenters. The Labute approximate surface area is 177 Å². The minimum absolute atomic E-state index is 0.117. The normalized spacial score (nSPS) is 16.4. The lowest BCUT2D eigenvalue weighted by Crippen LogP contribution is -2.64. The van der Waals surface area contributed by atoms with Crippen molar-refractivity contribution < 1.29 is 14.4 Å². The number of allylic oxidation sites excluding steroid dienone is 3. The zero-order chi connectivity index (χ0) is 21.6. The predicted molar refractivity (Wildman–Crippen MR) is 116 cm³/mol. The first kappa shape index (κ1) is 21.2. The van der Waals surface area contributed by atoms with E-state index in [9.17, 15) is 14.4 Å². The third kappa shape index (κ3) is 4.10. The SMILES string of the molecule is C=CCC1(CC=CC)C(=O)N(Cc2ccccc2)C(=O)N(Cc2ccccc2)C1=O. The first-order chi connectivity index (χ1) is 14.5. The molecule has 0 aliphatic carbocycles. The van der Waals surface area contributed by atoms with Crippen molar-refractivity contribution in [3.8, 4) is 0 Å². The summed E-state index contributed by atoms with van der Waals surface area (Å²) in [6.45, 7) is 5.84. The Kier molecular flexibility index (Phi) is 6.62. The highest BCUT2D eigenvalue weighted by atomic mass is 16.2. The number of nitrogens with zero attached hydrogens (tertiary/aromatic N) is 2. The van der Waals surface area contributed by atoms with Crippen molar-refractivity contribution in [2.45, 2.75) is 32.9 Å². The van der Waals surface area contributed by atoms with Crippen LogP contribution >= 0.6 is 0 Å². The first-order valence-electron chi connectivity index (χ1n) is 10.0. The maximum absolute atomic E-state index is 13.5. The van der Waals surface area contributed by atoms with Gasteiger partial charge in [-0.2, -0.15) is 0 Å². The van der Waals surface area contributed by atoms with Crippen LogP contribution in [0.15, 0.2) is 85.5 Å². The minimum Gasteiger partial charge on any atom is -0.273 e. The lowest BCUT2D eigenvalue weighted by Gasteiger charge is -2.43. The molecule has 0 aromatic heterocycles. The van der Waals surface area contributed by atoms with Crippen LogP contribution in [0.5, 0.6) is 0 Å². The van der Waals surface area contributed by atoms with Gasteiger partial charge in [-0.05, 0) is 30.9 Å². The van der Waals surface area contributed by atoms with Gasteiger partial charge in [0, 0.05) is 0 Å². The molecule has 1 aliphatic rings. The van der Waals surface area contributed by atoms with Gasteiger partial charge in [0.05, 0.1) is 13.1 Å². The molecule has 2 aromatic carbocycles. The number of imide groups is 2. The van der Waals surface area contributed by atoms with Crippen LogP contribution in [0.3, 0.4) is 0 Å². The van der Waals surface area contributed by atoms with Gasteiger partial charge in [-0.1, -0.05) is 78.9 Å². The fraction of sp³-hybridized carbons (Fsp3) is 0.240. The maximum Gasteiger partial charge on any atom is 0.334 e. The average molecular weight is 402 g/mol. The fourth-order valence-electron chi connectivity index (χ4n) is 3.74. The van der Waals surface area contributed by atoms with Crippen molar-refractivity contribution in [2.75, 3.05) is 0 Å². The molecule has 30 heavy (non-hydrogen) atoms. The van der Waals surface area contributed by atoms with Crippen molar-refractivity contribution >= 4 is 17.8 Å². The van der Waals surface area contributed by atoms with Crippen LogP contribution in [0.2, 0.25) is 0 Å². The van der Waals surface area contributed by atoms with Gasteiger partial charge in [-0.3, -0.25) is 19.4 Å². The summed E-state index contributed by atoms with van der Waals surface area (Å²) in [5.41, 5.74) is 0.282. The van der Waals surface area contributed by atoms with E-state index >= 15 is 0 Å². The predicted octanol–water partition coefficient (Wildman–Crippen LogP) is 4.71. The molecular weight excluding hydrogens is 376 g/mol. The zero-order valence-electron chi connectivity index (χ0n) is 17.2. The molecule has 5 nitrogen and oxygen atoms in total. The molecule has 0 bridgehead atoms. The Bertz CT molecular complexity index is 887. The van der Waals surface area contributed by atoms with Crippen LogP contribution in [0, 0.1) is 5.41 Å². The average Bonchev–Trinajstić information content (AvgIpc) is 2.78. The molecular formula is C25H26N2O3. The topological polar surface area (TPSA) is 57.7 Å². The third-order valence-corrected chi connectivity index (χ3v) is 5.33. The van der Waals surface area contributed by atoms with Crippen molar-refractivity contribution in [3.05, 3.63) is 96.6 Å². The summed E-state index contributed by atoms with van der Waals surface area (Å²) in [4.78, 5) is 42.8. The van der Waals surface area contributed by atoms with Gasteiger partial charge in [0.25, 0.3) is 0 Å². The van der Waals surface area contributed by atoms with Crippen LogP contribution in [-0.4, -0.2) is 27.6 Å². The lowest BCUT2D eigenvalue weighted by molar-refractivity contribution is -0.159. The van der Waals surface area contributed by atoms with Gasteiger partial charge >= 0.3 is 6.03 Å². The number of carbonyl (C=O) groups is 3. The monoisotopic (exact) mass is 402 g/mol. The first-order valence-corrected chi connectivity index (χ1v) is 10.0. The number of barbiturate groups is 1. The minimum atomic E-state index is -1.37. The lowest BCUT2D eigenvalue weighted by atomic mass is 9.76. The van der Waals surface area contributed by atoms with E-state index in [1.165, 1.54) is 9.80 Å². The van der Waals surface area contributed by atoms with Gasteiger partial charge < -0.3 is 0 Å². The molecule has 4 amide bonds. The molecule has 1 fully saturated rings. The molecule has 154 valence electrons. The van der Waals surface area contributed by atoms with E-state index in [4.69, 9.17) is 0 Å². The maximum atomic E-state index is 13.5. The molecule has 0 spiro atoms. The smallest absolute Gasteiger partial charge is 0.273 e. The highest BCUT2D eigenvalue weighted by molar-refractivity contribution is 6.19. The van der Waals surface area contributed by atoms with Crippen molar-refractivity contribution in [1.29, 1.82) is 0 Å². The third-order valence-electron chi connectivity index (χ3n) is 5.33. The Balaban J connectivity index is 2.05. The molecule has 0 radical (unpaired) electrons.